The summed E-state index contributed by atoms with van der Waals surface area (Å²) in [5, 5.41) is 0.490. The molecule has 1 aromatic rings. The number of benzene rings is 1. The second-order valence-corrected chi connectivity index (χ2v) is 13.6. The largest absolute Gasteiger partial charge is 0.351 e. The lowest BCUT2D eigenvalue weighted by Gasteiger charge is -2.56. The molecule has 3 amide bonds. The van der Waals surface area contributed by atoms with E-state index in [0.29, 0.717) is 40.8 Å². The van der Waals surface area contributed by atoms with Gasteiger partial charge in [0.25, 0.3) is 0 Å². The van der Waals surface area contributed by atoms with Crippen LogP contribution in [0.4, 0.5) is 10.5 Å². The first-order chi connectivity index (χ1) is 18.3. The van der Waals surface area contributed by atoms with Gasteiger partial charge in [0.1, 0.15) is 6.04 Å². The number of carbonyl (C=O) groups excluding carboxylic acids is 3. The fourth-order valence-electron chi connectivity index (χ4n) is 9.46. The molecule has 6 nitrogen and oxygen atoms in total. The molecule has 1 saturated heterocycles. The Balaban J connectivity index is 1.31. The van der Waals surface area contributed by atoms with Crippen LogP contribution in [0.2, 0.25) is 5.02 Å². The minimum atomic E-state index is -0.719. The van der Waals surface area contributed by atoms with Crippen molar-refractivity contribution in [3.8, 4) is 0 Å². The van der Waals surface area contributed by atoms with Crippen molar-refractivity contribution >= 4 is 35.0 Å². The molecular weight excluding hydrogens is 498 g/mol. The number of halogens is 1. The van der Waals surface area contributed by atoms with Gasteiger partial charge in [-0.3, -0.25) is 14.5 Å². The zero-order chi connectivity index (χ0) is 26.4. The number of hydrogen-bond acceptors (Lipinski definition) is 3. The third kappa shape index (κ3) is 4.87. The van der Waals surface area contributed by atoms with Crippen molar-refractivity contribution in [1.29, 1.82) is 0 Å². The maximum Gasteiger partial charge on any atom is 0.320 e. The molecule has 0 aromatic heterocycles. The van der Waals surface area contributed by atoms with Crippen molar-refractivity contribution in [2.45, 2.75) is 102 Å². The number of carbonyl (C=O) groups is 3. The van der Waals surface area contributed by atoms with E-state index < -0.39 is 12.1 Å². The van der Waals surface area contributed by atoms with Crippen molar-refractivity contribution in [3.05, 3.63) is 29.3 Å². The van der Waals surface area contributed by atoms with Crippen LogP contribution in [-0.2, 0) is 9.59 Å². The van der Waals surface area contributed by atoms with E-state index in [1.807, 2.05) is 4.90 Å². The average Bonchev–Trinajstić information content (AvgIpc) is 3.03. The Bertz CT molecular complexity index is 1050. The molecule has 1 aliphatic heterocycles. The second-order valence-electron chi connectivity index (χ2n) is 13.2. The fourth-order valence-corrected chi connectivity index (χ4v) is 9.64. The molecule has 6 aliphatic rings. The van der Waals surface area contributed by atoms with Crippen molar-refractivity contribution < 1.29 is 14.4 Å². The predicted octanol–water partition coefficient (Wildman–Crippen LogP) is 6.34. The molecule has 2 atom stereocenters. The van der Waals surface area contributed by atoms with Crippen molar-refractivity contribution in [3.63, 3.8) is 0 Å². The summed E-state index contributed by atoms with van der Waals surface area (Å²) in [7, 11) is 0. The van der Waals surface area contributed by atoms with Crippen LogP contribution in [0.25, 0.3) is 0 Å². The topological polar surface area (TPSA) is 83.7 Å². The van der Waals surface area contributed by atoms with Crippen molar-refractivity contribution in [1.82, 2.24) is 4.90 Å². The van der Waals surface area contributed by atoms with Crippen LogP contribution in [0.15, 0.2) is 24.3 Å². The molecule has 0 spiro atoms. The predicted molar refractivity (Wildman–Crippen MR) is 149 cm³/mol. The Morgan fingerprint density at radius 2 is 1.61 bits per heavy atom. The first kappa shape index (κ1) is 26.2. The van der Waals surface area contributed by atoms with Gasteiger partial charge in [0.15, 0.2) is 5.78 Å². The highest BCUT2D eigenvalue weighted by atomic mass is 35.5. The lowest BCUT2D eigenvalue weighted by molar-refractivity contribution is -0.151. The third-order valence-electron chi connectivity index (χ3n) is 10.7. The molecule has 1 aromatic carbocycles. The zero-order valence-corrected chi connectivity index (χ0v) is 23.2. The SMILES string of the molecule is NC(=O)N(c1cccc(Cl)c1)C1CCCC(C2CCCCC2)N(CC(=O)C23CC4CC(CC(C4)C2)C3)C1=O. The van der Waals surface area contributed by atoms with E-state index in [0.717, 1.165) is 44.9 Å². The number of urea groups is 1. The van der Waals surface area contributed by atoms with Gasteiger partial charge >= 0.3 is 6.03 Å². The van der Waals surface area contributed by atoms with E-state index in [-0.39, 0.29) is 29.7 Å². The Kier molecular flexibility index (Phi) is 7.21. The number of primary amides is 1. The summed E-state index contributed by atoms with van der Waals surface area (Å²) in [5.74, 6) is 2.62. The molecule has 5 aliphatic carbocycles. The molecule has 1 heterocycles. The van der Waals surface area contributed by atoms with E-state index in [4.69, 9.17) is 17.3 Å². The number of hydrogen-bond donors (Lipinski definition) is 1. The normalized spacial score (nSPS) is 35.2. The summed E-state index contributed by atoms with van der Waals surface area (Å²) in [4.78, 5) is 44.8. The van der Waals surface area contributed by atoms with Gasteiger partial charge in [0, 0.05) is 22.2 Å². The summed E-state index contributed by atoms with van der Waals surface area (Å²) < 4.78 is 0. The maximum atomic E-state index is 14.5. The maximum absolute atomic E-state index is 14.5. The molecular formula is C31H42ClN3O3. The van der Waals surface area contributed by atoms with E-state index in [2.05, 4.69) is 0 Å². The molecule has 206 valence electrons. The van der Waals surface area contributed by atoms with Crippen LogP contribution in [0.5, 0.6) is 0 Å². The number of amides is 3. The minimum Gasteiger partial charge on any atom is -0.351 e. The first-order valence-electron chi connectivity index (χ1n) is 15.0. The highest BCUT2D eigenvalue weighted by Crippen LogP contribution is 2.60. The molecule has 4 bridgehead atoms. The van der Waals surface area contributed by atoms with E-state index in [1.54, 1.807) is 24.3 Å². The van der Waals surface area contributed by atoms with Gasteiger partial charge < -0.3 is 10.6 Å². The van der Waals surface area contributed by atoms with Gasteiger partial charge in [0.05, 0.1) is 6.54 Å². The van der Waals surface area contributed by atoms with Gasteiger partial charge in [-0.1, -0.05) is 36.9 Å². The molecule has 2 N–H and O–H groups in total. The third-order valence-corrected chi connectivity index (χ3v) is 11.0. The monoisotopic (exact) mass is 539 g/mol. The highest BCUT2D eigenvalue weighted by Gasteiger charge is 2.55. The quantitative estimate of drug-likeness (QED) is 0.457. The smallest absolute Gasteiger partial charge is 0.320 e. The molecule has 6 fully saturated rings. The number of ketones is 1. The Labute approximate surface area is 231 Å². The molecule has 7 rings (SSSR count). The van der Waals surface area contributed by atoms with E-state index >= 15 is 0 Å². The molecule has 0 radical (unpaired) electrons. The molecule has 7 heteroatoms. The van der Waals surface area contributed by atoms with Gasteiger partial charge in [0.2, 0.25) is 5.91 Å². The minimum absolute atomic E-state index is 0.0553. The average molecular weight is 540 g/mol. The number of rotatable bonds is 6. The summed E-state index contributed by atoms with van der Waals surface area (Å²) in [5.41, 5.74) is 6.18. The standard InChI is InChI=1S/C31H42ClN3O3/c32-24-8-4-9-25(15-24)35(30(33)38)27-11-5-10-26(23-6-2-1-3-7-23)34(29(27)37)19-28(36)31-16-20-12-21(17-31)14-22(13-20)18-31/h4,8-9,15,20-23,26-27H,1-3,5-7,10-14,16-19H2,(H2,33,38). The lowest BCUT2D eigenvalue weighted by atomic mass is 9.48. The highest BCUT2D eigenvalue weighted by molar-refractivity contribution is 6.31. The first-order valence-corrected chi connectivity index (χ1v) is 15.4. The number of Topliss-reactive ketones (excluding diaryl/α,β-unsaturated/α-hetero) is 1. The lowest BCUT2D eigenvalue weighted by Crippen LogP contribution is -2.58. The van der Waals surface area contributed by atoms with Crippen LogP contribution in [0.1, 0.15) is 89.9 Å². The summed E-state index contributed by atoms with van der Waals surface area (Å²) in [6.45, 7) is 0.185. The number of likely N-dealkylation sites (tertiary alicyclic amines) is 1. The second kappa shape index (κ2) is 10.5. The van der Waals surface area contributed by atoms with Crippen LogP contribution in [0, 0.1) is 29.1 Å². The number of nitrogens with two attached hydrogens (primary N) is 1. The fraction of sp³-hybridized carbons (Fsp3) is 0.710. The van der Waals surface area contributed by atoms with Gasteiger partial charge in [-0.25, -0.2) is 4.79 Å². The summed E-state index contributed by atoms with van der Waals surface area (Å²) in [6.07, 6.45) is 15.0. The van der Waals surface area contributed by atoms with E-state index in [1.165, 1.54) is 43.4 Å². The number of nitrogens with zero attached hydrogens (tertiary/aromatic N) is 2. The van der Waals surface area contributed by atoms with Crippen LogP contribution in [0.3, 0.4) is 0 Å². The van der Waals surface area contributed by atoms with Crippen LogP contribution in [-0.4, -0.2) is 41.2 Å². The summed E-state index contributed by atoms with van der Waals surface area (Å²) in [6, 6.07) is 5.66. The molecule has 2 unspecified atom stereocenters. The Morgan fingerprint density at radius 1 is 0.947 bits per heavy atom. The van der Waals surface area contributed by atoms with Crippen molar-refractivity contribution in [2.75, 3.05) is 11.4 Å². The van der Waals surface area contributed by atoms with Crippen molar-refractivity contribution in [2.24, 2.45) is 34.8 Å². The molecule has 38 heavy (non-hydrogen) atoms. The van der Waals surface area contributed by atoms with Gasteiger partial charge in [-0.05, 0) is 112 Å². The zero-order valence-electron chi connectivity index (χ0n) is 22.5. The Morgan fingerprint density at radius 3 is 2.21 bits per heavy atom. The van der Waals surface area contributed by atoms with Crippen LogP contribution < -0.4 is 10.6 Å². The van der Waals surface area contributed by atoms with Gasteiger partial charge in [-0.2, -0.15) is 0 Å². The summed E-state index contributed by atoms with van der Waals surface area (Å²) >= 11 is 6.25. The van der Waals surface area contributed by atoms with E-state index in [9.17, 15) is 14.4 Å². The number of anilines is 1. The Hall–Kier alpha value is -2.08. The van der Waals surface area contributed by atoms with Crippen LogP contribution >= 0.6 is 11.6 Å². The van der Waals surface area contributed by atoms with Gasteiger partial charge in [-0.15, -0.1) is 0 Å². The molecule has 5 saturated carbocycles.